The maximum atomic E-state index is 11.4. The summed E-state index contributed by atoms with van der Waals surface area (Å²) in [5.41, 5.74) is -1.25. The Balaban J connectivity index is 2.75. The molecule has 0 radical (unpaired) electrons. The van der Waals surface area contributed by atoms with Crippen LogP contribution in [0.5, 0.6) is 0 Å². The number of nitrogens with zero attached hydrogens (tertiary/aromatic N) is 3. The van der Waals surface area contributed by atoms with E-state index in [1.807, 2.05) is 13.8 Å². The molecule has 2 atom stereocenters. The van der Waals surface area contributed by atoms with Crippen LogP contribution in [0.25, 0.3) is 0 Å². The quantitative estimate of drug-likeness (QED) is 0.470. The number of halogens is 1. The van der Waals surface area contributed by atoms with Crippen molar-refractivity contribution in [1.29, 1.82) is 0 Å². The lowest BCUT2D eigenvalue weighted by molar-refractivity contribution is -0.392. The van der Waals surface area contributed by atoms with Gasteiger partial charge in [0.15, 0.2) is 5.69 Å². The Bertz CT molecular complexity index is 633. The van der Waals surface area contributed by atoms with Gasteiger partial charge in [-0.15, -0.1) is 0 Å². The van der Waals surface area contributed by atoms with Crippen molar-refractivity contribution in [2.45, 2.75) is 45.2 Å². The third kappa shape index (κ3) is 3.26. The van der Waals surface area contributed by atoms with E-state index in [1.54, 1.807) is 4.90 Å². The van der Waals surface area contributed by atoms with Crippen molar-refractivity contribution in [3.63, 3.8) is 0 Å². The molecule has 2 rings (SSSR count). The first kappa shape index (κ1) is 17.1. The summed E-state index contributed by atoms with van der Waals surface area (Å²) in [5, 5.41) is 21.9. The van der Waals surface area contributed by atoms with Gasteiger partial charge in [0.25, 0.3) is 16.6 Å². The van der Waals surface area contributed by atoms with E-state index in [1.165, 1.54) is 0 Å². The minimum atomic E-state index is -0.970. The number of carbonyl (C=O) groups is 1. The first-order chi connectivity index (χ1) is 10.7. The second kappa shape index (κ2) is 6.49. The van der Waals surface area contributed by atoms with Crippen LogP contribution in [-0.2, 0) is 0 Å². The van der Waals surface area contributed by atoms with Crippen molar-refractivity contribution in [3.8, 4) is 0 Å². The summed E-state index contributed by atoms with van der Waals surface area (Å²) in [6, 6.07) is 1.86. The van der Waals surface area contributed by atoms with E-state index in [2.05, 4.69) is 0 Å². The summed E-state index contributed by atoms with van der Waals surface area (Å²) >= 11 is 5.35. The summed E-state index contributed by atoms with van der Waals surface area (Å²) < 4.78 is 0. The molecular formula is C14H16ClN3O5. The van der Waals surface area contributed by atoms with E-state index in [4.69, 9.17) is 11.6 Å². The molecule has 0 bridgehead atoms. The van der Waals surface area contributed by atoms with E-state index in [-0.39, 0.29) is 23.3 Å². The highest BCUT2D eigenvalue weighted by Crippen LogP contribution is 2.43. The van der Waals surface area contributed by atoms with E-state index in [0.29, 0.717) is 0 Å². The molecule has 0 aromatic heterocycles. The van der Waals surface area contributed by atoms with Crippen LogP contribution in [0.1, 0.15) is 43.5 Å². The lowest BCUT2D eigenvalue weighted by Gasteiger charge is -2.40. The zero-order chi connectivity index (χ0) is 17.3. The Kier molecular flexibility index (Phi) is 4.84. The molecule has 1 aliphatic heterocycles. The minimum Gasteiger partial charge on any atom is -0.355 e. The van der Waals surface area contributed by atoms with Crippen molar-refractivity contribution >= 4 is 33.9 Å². The molecule has 0 saturated carbocycles. The molecule has 9 heteroatoms. The molecule has 1 aromatic carbocycles. The zero-order valence-electron chi connectivity index (χ0n) is 12.7. The normalized spacial score (nSPS) is 21.1. The Morgan fingerprint density at radius 2 is 1.57 bits per heavy atom. The van der Waals surface area contributed by atoms with Crippen molar-refractivity contribution in [3.05, 3.63) is 37.9 Å². The largest absolute Gasteiger partial charge is 0.355 e. The zero-order valence-corrected chi connectivity index (χ0v) is 13.4. The first-order valence-corrected chi connectivity index (χ1v) is 7.56. The number of benzene rings is 1. The molecular weight excluding hydrogens is 326 g/mol. The van der Waals surface area contributed by atoms with E-state index >= 15 is 0 Å². The molecule has 23 heavy (non-hydrogen) atoms. The molecule has 1 saturated heterocycles. The molecule has 1 heterocycles. The number of rotatable bonds is 4. The second-order valence-electron chi connectivity index (χ2n) is 5.69. The predicted octanol–water partition coefficient (Wildman–Crippen LogP) is 3.65. The highest BCUT2D eigenvalue weighted by Gasteiger charge is 2.37. The number of piperidine rings is 1. The Morgan fingerprint density at radius 1 is 1.13 bits per heavy atom. The highest BCUT2D eigenvalue weighted by molar-refractivity contribution is 6.67. The van der Waals surface area contributed by atoms with Crippen LogP contribution in [0, 0.1) is 20.2 Å². The topological polar surface area (TPSA) is 107 Å². The van der Waals surface area contributed by atoms with Crippen LogP contribution in [0.2, 0.25) is 0 Å². The van der Waals surface area contributed by atoms with Gasteiger partial charge >= 0.3 is 0 Å². The fraction of sp³-hybridized carbons (Fsp3) is 0.500. The average molecular weight is 342 g/mol. The smallest absolute Gasteiger partial charge is 0.300 e. The van der Waals surface area contributed by atoms with Crippen LogP contribution >= 0.6 is 11.6 Å². The molecule has 2 unspecified atom stereocenters. The maximum Gasteiger partial charge on any atom is 0.300 e. The van der Waals surface area contributed by atoms with Gasteiger partial charge in [-0.2, -0.15) is 0 Å². The molecule has 124 valence electrons. The summed E-state index contributed by atoms with van der Waals surface area (Å²) in [6.45, 7) is 3.76. The van der Waals surface area contributed by atoms with Gasteiger partial charge in [-0.05, 0) is 44.7 Å². The Labute approximate surface area is 137 Å². The predicted molar refractivity (Wildman–Crippen MR) is 85.2 cm³/mol. The van der Waals surface area contributed by atoms with Crippen molar-refractivity contribution < 1.29 is 14.6 Å². The molecule has 0 N–H and O–H groups in total. The second-order valence-corrected chi connectivity index (χ2v) is 6.03. The standard InChI is InChI=1S/C14H16ClN3O5/c1-8-4-3-5-9(2)16(8)13-11(17(20)21)6-10(14(15)19)7-12(13)18(22)23/h6-9H,3-5H2,1-2H3. The monoisotopic (exact) mass is 341 g/mol. The fourth-order valence-electron chi connectivity index (χ4n) is 3.12. The third-order valence-corrected chi connectivity index (χ3v) is 4.36. The van der Waals surface area contributed by atoms with Crippen molar-refractivity contribution in [2.75, 3.05) is 4.90 Å². The van der Waals surface area contributed by atoms with Gasteiger partial charge in [0.2, 0.25) is 0 Å². The fourth-order valence-corrected chi connectivity index (χ4v) is 3.23. The summed E-state index contributed by atoms with van der Waals surface area (Å²) in [6.07, 6.45) is 2.53. The van der Waals surface area contributed by atoms with Gasteiger partial charge < -0.3 is 4.90 Å². The van der Waals surface area contributed by atoms with Crippen LogP contribution in [-0.4, -0.2) is 27.2 Å². The Hall–Kier alpha value is -2.22. The SMILES string of the molecule is CC1CCCC(C)N1c1c([N+](=O)[O-])cc(C(=O)Cl)cc1[N+](=O)[O-]. The number of nitro benzene ring substituents is 2. The van der Waals surface area contributed by atoms with Gasteiger partial charge in [0.05, 0.1) is 9.85 Å². The average Bonchev–Trinajstić information content (AvgIpc) is 2.46. The molecule has 0 spiro atoms. The van der Waals surface area contributed by atoms with Gasteiger partial charge in [0.1, 0.15) is 0 Å². The van der Waals surface area contributed by atoms with Crippen LogP contribution in [0.3, 0.4) is 0 Å². The van der Waals surface area contributed by atoms with E-state index in [9.17, 15) is 25.0 Å². The number of carbonyl (C=O) groups excluding carboxylic acids is 1. The first-order valence-electron chi connectivity index (χ1n) is 7.19. The lowest BCUT2D eigenvalue weighted by atomic mass is 9.95. The summed E-state index contributed by atoms with van der Waals surface area (Å²) in [5.74, 6) is 0. The van der Waals surface area contributed by atoms with Crippen LogP contribution < -0.4 is 4.90 Å². The van der Waals surface area contributed by atoms with Gasteiger partial charge in [-0.25, -0.2) is 0 Å². The van der Waals surface area contributed by atoms with E-state index in [0.717, 1.165) is 31.4 Å². The van der Waals surface area contributed by atoms with Gasteiger partial charge in [-0.3, -0.25) is 25.0 Å². The number of hydrogen-bond donors (Lipinski definition) is 0. The molecule has 1 aromatic rings. The molecule has 0 amide bonds. The van der Waals surface area contributed by atoms with Gasteiger partial charge in [0, 0.05) is 29.8 Å². The van der Waals surface area contributed by atoms with Crippen molar-refractivity contribution in [1.82, 2.24) is 0 Å². The lowest BCUT2D eigenvalue weighted by Crippen LogP contribution is -2.44. The van der Waals surface area contributed by atoms with Crippen LogP contribution in [0.15, 0.2) is 12.1 Å². The summed E-state index contributed by atoms with van der Waals surface area (Å²) in [4.78, 5) is 34.5. The maximum absolute atomic E-state index is 11.4. The molecule has 0 aliphatic carbocycles. The summed E-state index contributed by atoms with van der Waals surface area (Å²) in [7, 11) is 0. The van der Waals surface area contributed by atoms with Crippen molar-refractivity contribution in [2.24, 2.45) is 0 Å². The van der Waals surface area contributed by atoms with Crippen LogP contribution in [0.4, 0.5) is 17.1 Å². The Morgan fingerprint density at radius 3 is 1.91 bits per heavy atom. The number of anilines is 1. The van der Waals surface area contributed by atoms with Gasteiger partial charge in [-0.1, -0.05) is 0 Å². The highest BCUT2D eigenvalue weighted by atomic mass is 35.5. The molecule has 1 aliphatic rings. The molecule has 8 nitrogen and oxygen atoms in total. The van der Waals surface area contributed by atoms with E-state index < -0.39 is 26.5 Å². The minimum absolute atomic E-state index is 0.0543. The number of nitro groups is 2. The molecule has 1 fully saturated rings. The number of hydrogen-bond acceptors (Lipinski definition) is 6. The third-order valence-electron chi connectivity index (χ3n) is 4.14.